The van der Waals surface area contributed by atoms with E-state index in [0.29, 0.717) is 17.1 Å². The monoisotopic (exact) mass is 627 g/mol. The highest BCUT2D eigenvalue weighted by Gasteiger charge is 2.37. The van der Waals surface area contributed by atoms with Gasteiger partial charge in [0.25, 0.3) is 6.01 Å². The summed E-state index contributed by atoms with van der Waals surface area (Å²) >= 11 is 1.36. The van der Waals surface area contributed by atoms with Gasteiger partial charge >= 0.3 is 6.09 Å². The Balaban J connectivity index is 1.41. The number of ether oxygens (including phenoxy) is 1. The molecule has 1 saturated heterocycles. The molecule has 2 N–H and O–H groups in total. The zero-order valence-corrected chi connectivity index (χ0v) is 25.9. The van der Waals surface area contributed by atoms with E-state index in [1.54, 1.807) is 17.8 Å². The molecule has 5 rings (SSSR count). The first-order valence-corrected chi connectivity index (χ1v) is 16.7. The van der Waals surface area contributed by atoms with E-state index in [2.05, 4.69) is 20.2 Å². The number of alkyl carbamates (subject to hydrolysis) is 1. The van der Waals surface area contributed by atoms with Gasteiger partial charge in [0.05, 0.1) is 27.4 Å². The number of benzene rings is 2. The van der Waals surface area contributed by atoms with Gasteiger partial charge in [-0.25, -0.2) is 13.2 Å². The van der Waals surface area contributed by atoms with E-state index in [0.717, 1.165) is 36.4 Å². The van der Waals surface area contributed by atoms with Crippen molar-refractivity contribution in [3.8, 4) is 0 Å². The van der Waals surface area contributed by atoms with Gasteiger partial charge in [-0.05, 0) is 42.9 Å². The molecule has 2 aromatic carbocycles. The summed E-state index contributed by atoms with van der Waals surface area (Å²) in [5, 5.41) is 14.0. The number of aliphatic hydroxyl groups excluding tert-OH is 1. The molecule has 1 fully saturated rings. The van der Waals surface area contributed by atoms with Gasteiger partial charge in [0.2, 0.25) is 10.0 Å². The Bertz CT molecular complexity index is 1590. The molecule has 1 aliphatic heterocycles. The molecule has 230 valence electrons. The SMILES string of the molecule is CC(C)CN(C(Cc1ccccc1)C(O)CNC(=O)OCc1cncs1)S(=O)(=O)c1ccc2nc(N3CCCC3)oc2c1. The van der Waals surface area contributed by atoms with Crippen LogP contribution in [0.3, 0.4) is 0 Å². The molecule has 0 bridgehead atoms. The third-order valence-electron chi connectivity index (χ3n) is 7.26. The molecule has 3 heterocycles. The number of amides is 1. The van der Waals surface area contributed by atoms with Crippen LogP contribution in [-0.4, -0.2) is 72.2 Å². The van der Waals surface area contributed by atoms with Crippen LogP contribution >= 0.6 is 11.3 Å². The maximum absolute atomic E-state index is 14.3. The van der Waals surface area contributed by atoms with Crippen molar-refractivity contribution in [3.63, 3.8) is 0 Å². The van der Waals surface area contributed by atoms with Crippen molar-refractivity contribution >= 4 is 44.6 Å². The molecule has 0 aliphatic carbocycles. The van der Waals surface area contributed by atoms with Gasteiger partial charge in [-0.2, -0.15) is 9.29 Å². The molecule has 0 spiro atoms. The van der Waals surface area contributed by atoms with Crippen molar-refractivity contribution in [3.05, 3.63) is 70.7 Å². The number of fused-ring (bicyclic) bond motifs is 1. The molecular formula is C30H37N5O6S2. The molecule has 2 atom stereocenters. The number of sulfonamides is 1. The van der Waals surface area contributed by atoms with E-state index in [9.17, 15) is 18.3 Å². The van der Waals surface area contributed by atoms with Gasteiger partial charge in [-0.3, -0.25) is 4.98 Å². The fourth-order valence-corrected chi connectivity index (χ4v) is 7.45. The van der Waals surface area contributed by atoms with Crippen molar-refractivity contribution in [1.82, 2.24) is 19.6 Å². The van der Waals surface area contributed by atoms with Crippen LogP contribution in [0, 0.1) is 5.92 Å². The number of aliphatic hydroxyl groups is 1. The number of carbonyl (C=O) groups excluding carboxylic acids is 1. The predicted octanol–water partition coefficient (Wildman–Crippen LogP) is 4.43. The van der Waals surface area contributed by atoms with Crippen molar-refractivity contribution < 1.29 is 27.5 Å². The molecule has 1 aliphatic rings. The lowest BCUT2D eigenvalue weighted by molar-refractivity contribution is 0.0786. The van der Waals surface area contributed by atoms with Crippen molar-refractivity contribution in [2.45, 2.75) is 56.8 Å². The van der Waals surface area contributed by atoms with Crippen LogP contribution < -0.4 is 10.2 Å². The van der Waals surface area contributed by atoms with Crippen LogP contribution in [0.15, 0.2) is 69.6 Å². The summed E-state index contributed by atoms with van der Waals surface area (Å²) in [6.45, 7) is 5.55. The van der Waals surface area contributed by atoms with Gasteiger partial charge in [-0.1, -0.05) is 44.2 Å². The topological polar surface area (TPSA) is 138 Å². The smallest absolute Gasteiger partial charge is 0.407 e. The third kappa shape index (κ3) is 7.71. The highest BCUT2D eigenvalue weighted by atomic mass is 32.2. The average molecular weight is 628 g/mol. The fraction of sp³-hybridized carbons (Fsp3) is 0.433. The number of aromatic nitrogens is 2. The first kappa shape index (κ1) is 30.9. The Kier molecular flexibility index (Phi) is 9.96. The number of anilines is 1. The Labute approximate surface area is 255 Å². The minimum atomic E-state index is -4.12. The summed E-state index contributed by atoms with van der Waals surface area (Å²) in [5.74, 6) is -0.0478. The fourth-order valence-electron chi connectivity index (χ4n) is 5.11. The summed E-state index contributed by atoms with van der Waals surface area (Å²) in [6, 6.07) is 13.7. The second-order valence-electron chi connectivity index (χ2n) is 11.0. The molecule has 13 heteroatoms. The first-order chi connectivity index (χ1) is 20.7. The van der Waals surface area contributed by atoms with Crippen LogP contribution in [0.25, 0.3) is 11.1 Å². The minimum Gasteiger partial charge on any atom is -0.444 e. The molecule has 0 radical (unpaired) electrons. The number of hydrogen-bond donors (Lipinski definition) is 2. The zero-order chi connectivity index (χ0) is 30.4. The summed E-state index contributed by atoms with van der Waals surface area (Å²) in [7, 11) is -4.12. The van der Waals surface area contributed by atoms with E-state index in [4.69, 9.17) is 9.15 Å². The summed E-state index contributed by atoms with van der Waals surface area (Å²) in [5.41, 5.74) is 3.46. The van der Waals surface area contributed by atoms with E-state index in [-0.39, 0.29) is 36.9 Å². The van der Waals surface area contributed by atoms with Gasteiger partial charge in [0.15, 0.2) is 5.58 Å². The first-order valence-electron chi connectivity index (χ1n) is 14.4. The molecule has 4 aromatic rings. The quantitative estimate of drug-likeness (QED) is 0.220. The summed E-state index contributed by atoms with van der Waals surface area (Å²) in [6.07, 6.45) is 2.02. The summed E-state index contributed by atoms with van der Waals surface area (Å²) in [4.78, 5) is 23.8. The maximum atomic E-state index is 14.3. The molecular weight excluding hydrogens is 590 g/mol. The second kappa shape index (κ2) is 13.8. The van der Waals surface area contributed by atoms with Crippen LogP contribution in [0.5, 0.6) is 0 Å². The number of rotatable bonds is 13. The molecule has 2 aromatic heterocycles. The largest absolute Gasteiger partial charge is 0.444 e. The van der Waals surface area contributed by atoms with Gasteiger partial charge in [0, 0.05) is 38.4 Å². The average Bonchev–Trinajstić information content (AvgIpc) is 3.78. The lowest BCUT2D eigenvalue weighted by atomic mass is 10.0. The standard InChI is InChI=1S/C30H37N5O6S2/c1-21(2)18-35(43(38,39)24-10-11-25-28(15-24)41-29(33-25)34-12-6-7-13-34)26(14-22-8-4-3-5-9-22)27(36)17-32-30(37)40-19-23-16-31-20-42-23/h3-5,8-11,15-16,20-21,26-27,36H,6-7,12-14,17-19H2,1-2H3,(H,32,37). The second-order valence-corrected chi connectivity index (χ2v) is 13.9. The van der Waals surface area contributed by atoms with Gasteiger partial charge in [0.1, 0.15) is 12.1 Å². The Hall–Kier alpha value is -3.52. The lowest BCUT2D eigenvalue weighted by Gasteiger charge is -2.35. The zero-order valence-electron chi connectivity index (χ0n) is 24.3. The Morgan fingerprint density at radius 3 is 2.65 bits per heavy atom. The van der Waals surface area contributed by atoms with Crippen LogP contribution in [0.4, 0.5) is 10.8 Å². The number of carbonyl (C=O) groups is 1. The number of nitrogens with zero attached hydrogens (tertiary/aromatic N) is 4. The minimum absolute atomic E-state index is 0.0478. The number of hydrogen-bond acceptors (Lipinski definition) is 10. The Morgan fingerprint density at radius 2 is 1.95 bits per heavy atom. The van der Waals surface area contributed by atoms with Crippen LogP contribution in [0.1, 0.15) is 37.1 Å². The number of nitrogens with one attached hydrogen (secondary N) is 1. The van der Waals surface area contributed by atoms with Crippen molar-refractivity contribution in [2.24, 2.45) is 5.92 Å². The highest BCUT2D eigenvalue weighted by molar-refractivity contribution is 7.89. The third-order valence-corrected chi connectivity index (χ3v) is 9.90. The van der Waals surface area contributed by atoms with E-state index < -0.39 is 28.3 Å². The lowest BCUT2D eigenvalue weighted by Crippen LogP contribution is -2.52. The van der Waals surface area contributed by atoms with E-state index >= 15 is 0 Å². The predicted molar refractivity (Wildman–Crippen MR) is 164 cm³/mol. The molecule has 11 nitrogen and oxygen atoms in total. The Morgan fingerprint density at radius 1 is 1.19 bits per heavy atom. The number of oxazole rings is 1. The molecule has 2 unspecified atom stereocenters. The van der Waals surface area contributed by atoms with Crippen molar-refractivity contribution in [2.75, 3.05) is 31.1 Å². The van der Waals surface area contributed by atoms with Crippen molar-refractivity contribution in [1.29, 1.82) is 0 Å². The molecule has 1 amide bonds. The van der Waals surface area contributed by atoms with E-state index in [1.165, 1.54) is 27.8 Å². The molecule has 0 saturated carbocycles. The van der Waals surface area contributed by atoms with Crippen LogP contribution in [-0.2, 0) is 27.8 Å². The maximum Gasteiger partial charge on any atom is 0.407 e. The molecule has 43 heavy (non-hydrogen) atoms. The van der Waals surface area contributed by atoms with Crippen LogP contribution in [0.2, 0.25) is 0 Å². The normalized spacial score (nSPS) is 15.3. The van der Waals surface area contributed by atoms with Gasteiger partial charge < -0.3 is 24.5 Å². The number of thiazole rings is 1. The van der Waals surface area contributed by atoms with Gasteiger partial charge in [-0.15, -0.1) is 11.3 Å². The van der Waals surface area contributed by atoms with E-state index in [1.807, 2.05) is 44.2 Å². The summed E-state index contributed by atoms with van der Waals surface area (Å²) < 4.78 is 41.2. The highest BCUT2D eigenvalue weighted by Crippen LogP contribution is 2.30.